The molecule has 0 aliphatic rings. The molecule has 0 fully saturated rings. The molecular formula is C9H18F2N2O2. The molecule has 0 aliphatic heterocycles. The first kappa shape index (κ1) is 14.2. The van der Waals surface area contributed by atoms with Gasteiger partial charge in [-0.25, -0.2) is 8.78 Å². The van der Waals surface area contributed by atoms with Crippen molar-refractivity contribution in [2.45, 2.75) is 44.8 Å². The van der Waals surface area contributed by atoms with Gasteiger partial charge in [-0.15, -0.1) is 0 Å². The van der Waals surface area contributed by atoms with Gasteiger partial charge in [0.15, 0.2) is 0 Å². The number of nitrogens with one attached hydrogen (secondary N) is 1. The average molecular weight is 224 g/mol. The van der Waals surface area contributed by atoms with Crippen LogP contribution in [0.1, 0.15) is 26.2 Å². The Morgan fingerprint density at radius 1 is 1.53 bits per heavy atom. The Morgan fingerprint density at radius 2 is 2.13 bits per heavy atom. The highest BCUT2D eigenvalue weighted by Gasteiger charge is 2.19. The minimum atomic E-state index is -2.85. The van der Waals surface area contributed by atoms with Gasteiger partial charge >= 0.3 is 0 Å². The lowest BCUT2D eigenvalue weighted by Gasteiger charge is -2.14. The second-order valence-electron chi connectivity index (χ2n) is 3.40. The van der Waals surface area contributed by atoms with Crippen molar-refractivity contribution >= 4 is 5.91 Å². The van der Waals surface area contributed by atoms with E-state index >= 15 is 0 Å². The molecule has 0 bridgehead atoms. The maximum absolute atomic E-state index is 11.8. The quantitative estimate of drug-likeness (QED) is 0.580. The molecule has 2 atom stereocenters. The fourth-order valence-electron chi connectivity index (χ4n) is 0.980. The van der Waals surface area contributed by atoms with Gasteiger partial charge in [0, 0.05) is 6.54 Å². The highest BCUT2D eigenvalue weighted by Crippen LogP contribution is 2.00. The predicted octanol–water partition coefficient (Wildman–Crippen LogP) is 0.246. The smallest absolute Gasteiger partial charge is 0.265 e. The summed E-state index contributed by atoms with van der Waals surface area (Å²) in [7, 11) is 0. The molecule has 0 saturated heterocycles. The Hall–Kier alpha value is -0.750. The van der Waals surface area contributed by atoms with Gasteiger partial charge in [0.05, 0.1) is 6.04 Å². The molecule has 6 heteroatoms. The number of hydrogen-bond donors (Lipinski definition) is 3. The summed E-state index contributed by atoms with van der Waals surface area (Å²) >= 11 is 0. The first-order valence-corrected chi connectivity index (χ1v) is 4.98. The van der Waals surface area contributed by atoms with Gasteiger partial charge in [-0.1, -0.05) is 19.8 Å². The molecular weight excluding hydrogens is 206 g/mol. The van der Waals surface area contributed by atoms with E-state index in [4.69, 9.17) is 10.8 Å². The molecule has 1 amide bonds. The number of carbonyl (C=O) groups is 1. The van der Waals surface area contributed by atoms with Crippen LogP contribution in [-0.2, 0) is 4.79 Å². The molecule has 0 rings (SSSR count). The molecule has 0 aliphatic carbocycles. The normalized spacial score (nSPS) is 15.1. The van der Waals surface area contributed by atoms with Crippen LogP contribution in [0.15, 0.2) is 0 Å². The Labute approximate surface area is 87.8 Å². The predicted molar refractivity (Wildman–Crippen MR) is 52.5 cm³/mol. The maximum atomic E-state index is 11.8. The number of aliphatic hydroxyl groups excluding tert-OH is 1. The largest absolute Gasteiger partial charge is 0.385 e. The molecule has 4 nitrogen and oxygen atoms in total. The summed E-state index contributed by atoms with van der Waals surface area (Å²) in [6.07, 6.45) is -2.43. The number of alkyl halides is 2. The Balaban J connectivity index is 3.73. The second-order valence-corrected chi connectivity index (χ2v) is 3.40. The monoisotopic (exact) mass is 224 g/mol. The summed E-state index contributed by atoms with van der Waals surface area (Å²) in [6, 6.07) is -0.685. The van der Waals surface area contributed by atoms with Crippen molar-refractivity contribution in [3.63, 3.8) is 0 Å². The van der Waals surface area contributed by atoms with E-state index in [9.17, 15) is 13.6 Å². The van der Waals surface area contributed by atoms with Crippen molar-refractivity contribution in [2.24, 2.45) is 5.73 Å². The van der Waals surface area contributed by atoms with E-state index in [1.54, 1.807) is 0 Å². The summed E-state index contributed by atoms with van der Waals surface area (Å²) in [5.74, 6) is -0.497. The zero-order chi connectivity index (χ0) is 11.8. The van der Waals surface area contributed by atoms with Crippen molar-refractivity contribution in [2.75, 3.05) is 6.54 Å². The molecule has 90 valence electrons. The number of amides is 1. The van der Waals surface area contributed by atoms with Crippen LogP contribution in [0.2, 0.25) is 0 Å². The molecule has 0 spiro atoms. The van der Waals surface area contributed by atoms with Crippen molar-refractivity contribution in [1.29, 1.82) is 0 Å². The lowest BCUT2D eigenvalue weighted by atomic mass is 10.1. The summed E-state index contributed by atoms with van der Waals surface area (Å²) in [4.78, 5) is 11.2. The molecule has 0 aromatic rings. The van der Waals surface area contributed by atoms with Crippen molar-refractivity contribution in [3.05, 3.63) is 0 Å². The van der Waals surface area contributed by atoms with Gasteiger partial charge in [0.1, 0.15) is 6.10 Å². The van der Waals surface area contributed by atoms with Crippen LogP contribution in [0.25, 0.3) is 0 Å². The second kappa shape index (κ2) is 7.53. The molecule has 0 saturated carbocycles. The number of aliphatic hydroxyl groups is 1. The molecule has 0 aromatic heterocycles. The number of unbranched alkanes of at least 4 members (excludes halogenated alkanes) is 1. The Morgan fingerprint density at radius 3 is 2.60 bits per heavy atom. The van der Waals surface area contributed by atoms with Crippen LogP contribution in [0, 0.1) is 0 Å². The first-order chi connectivity index (χ1) is 6.99. The molecule has 4 N–H and O–H groups in total. The Bertz CT molecular complexity index is 191. The van der Waals surface area contributed by atoms with Gasteiger partial charge in [-0.05, 0) is 6.42 Å². The molecule has 0 aromatic carbocycles. The molecule has 15 heavy (non-hydrogen) atoms. The van der Waals surface area contributed by atoms with Crippen LogP contribution in [-0.4, -0.2) is 36.1 Å². The van der Waals surface area contributed by atoms with Gasteiger partial charge in [-0.3, -0.25) is 4.79 Å². The standard InChI is InChI=1S/C9H18F2N2O2/c1-2-3-4-6(12)9(15)13-5-7(14)8(10)11/h6-8,14H,2-5,12H2,1H3,(H,13,15). The fraction of sp³-hybridized carbons (Fsp3) is 0.889. The van der Waals surface area contributed by atoms with E-state index < -0.39 is 31.0 Å². The lowest BCUT2D eigenvalue weighted by molar-refractivity contribution is -0.123. The number of nitrogens with two attached hydrogens (primary N) is 1. The first-order valence-electron chi connectivity index (χ1n) is 4.98. The minimum Gasteiger partial charge on any atom is -0.385 e. The molecule has 0 radical (unpaired) electrons. The van der Waals surface area contributed by atoms with Crippen LogP contribution in [0.4, 0.5) is 8.78 Å². The van der Waals surface area contributed by atoms with E-state index in [1.807, 2.05) is 6.92 Å². The van der Waals surface area contributed by atoms with Crippen molar-refractivity contribution < 1.29 is 18.7 Å². The van der Waals surface area contributed by atoms with Crippen LogP contribution < -0.4 is 11.1 Å². The number of hydrogen-bond acceptors (Lipinski definition) is 3. The van der Waals surface area contributed by atoms with E-state index in [2.05, 4.69) is 5.32 Å². The van der Waals surface area contributed by atoms with Crippen LogP contribution >= 0.6 is 0 Å². The highest BCUT2D eigenvalue weighted by atomic mass is 19.3. The van der Waals surface area contributed by atoms with Gasteiger partial charge < -0.3 is 16.2 Å². The molecule has 0 heterocycles. The SMILES string of the molecule is CCCCC(N)C(=O)NCC(O)C(F)F. The van der Waals surface area contributed by atoms with Crippen LogP contribution in [0.3, 0.4) is 0 Å². The van der Waals surface area contributed by atoms with Crippen molar-refractivity contribution in [3.8, 4) is 0 Å². The summed E-state index contributed by atoms with van der Waals surface area (Å²) in [5, 5.41) is 10.9. The summed E-state index contributed by atoms with van der Waals surface area (Å²) < 4.78 is 23.7. The van der Waals surface area contributed by atoms with Gasteiger partial charge in [-0.2, -0.15) is 0 Å². The number of halogens is 2. The fourth-order valence-corrected chi connectivity index (χ4v) is 0.980. The van der Waals surface area contributed by atoms with Gasteiger partial charge in [0.2, 0.25) is 5.91 Å². The topological polar surface area (TPSA) is 75.4 Å². The van der Waals surface area contributed by atoms with E-state index in [-0.39, 0.29) is 0 Å². The third-order valence-corrected chi connectivity index (χ3v) is 1.98. The highest BCUT2D eigenvalue weighted by molar-refractivity contribution is 5.81. The third kappa shape index (κ3) is 6.35. The Kier molecular flexibility index (Phi) is 7.15. The minimum absolute atomic E-state index is 0.462. The number of rotatable bonds is 7. The van der Waals surface area contributed by atoms with Gasteiger partial charge in [0.25, 0.3) is 6.43 Å². The van der Waals surface area contributed by atoms with E-state index in [0.717, 1.165) is 12.8 Å². The average Bonchev–Trinajstić information content (AvgIpc) is 2.21. The number of carbonyl (C=O) groups excluding carboxylic acids is 1. The van der Waals surface area contributed by atoms with Crippen molar-refractivity contribution in [1.82, 2.24) is 5.32 Å². The van der Waals surface area contributed by atoms with E-state index in [0.29, 0.717) is 6.42 Å². The van der Waals surface area contributed by atoms with Crippen LogP contribution in [0.5, 0.6) is 0 Å². The zero-order valence-electron chi connectivity index (χ0n) is 8.75. The third-order valence-electron chi connectivity index (χ3n) is 1.98. The molecule has 2 unspecified atom stereocenters. The lowest BCUT2D eigenvalue weighted by Crippen LogP contribution is -2.44. The summed E-state index contributed by atoms with van der Waals surface area (Å²) in [5.41, 5.74) is 5.48. The summed E-state index contributed by atoms with van der Waals surface area (Å²) in [6.45, 7) is 1.50. The maximum Gasteiger partial charge on any atom is 0.265 e. The zero-order valence-corrected chi connectivity index (χ0v) is 8.75. The van der Waals surface area contributed by atoms with E-state index in [1.165, 1.54) is 0 Å².